The SMILES string of the molecule is CC(=O)OC1(C)C=C(C)C2=C(CCC(C)(C(=O)O)O2)C1C. The fourth-order valence-electron chi connectivity index (χ4n) is 3.12. The van der Waals surface area contributed by atoms with Crippen LogP contribution in [0, 0.1) is 5.92 Å². The van der Waals surface area contributed by atoms with Gasteiger partial charge in [0.05, 0.1) is 0 Å². The Bertz CT molecular complexity index is 559. The van der Waals surface area contributed by atoms with E-state index in [4.69, 9.17) is 9.47 Å². The zero-order chi connectivity index (χ0) is 16.0. The number of allylic oxidation sites excluding steroid dienone is 1. The van der Waals surface area contributed by atoms with E-state index in [1.54, 1.807) is 6.92 Å². The van der Waals surface area contributed by atoms with Crippen LogP contribution in [0.4, 0.5) is 0 Å². The molecule has 0 radical (unpaired) electrons. The molecule has 1 aliphatic heterocycles. The number of carboxylic acid groups (broad SMARTS) is 1. The molecule has 116 valence electrons. The van der Waals surface area contributed by atoms with Gasteiger partial charge in [-0.1, -0.05) is 6.92 Å². The number of rotatable bonds is 2. The van der Waals surface area contributed by atoms with Gasteiger partial charge in [-0.3, -0.25) is 4.79 Å². The summed E-state index contributed by atoms with van der Waals surface area (Å²) in [7, 11) is 0. The Balaban J connectivity index is 2.39. The topological polar surface area (TPSA) is 72.8 Å². The van der Waals surface area contributed by atoms with Gasteiger partial charge >= 0.3 is 11.9 Å². The highest BCUT2D eigenvalue weighted by Gasteiger charge is 2.47. The van der Waals surface area contributed by atoms with Crippen LogP contribution in [0.25, 0.3) is 0 Å². The van der Waals surface area contributed by atoms with Crippen LogP contribution in [-0.2, 0) is 19.1 Å². The third-order valence-corrected chi connectivity index (χ3v) is 4.55. The Hall–Kier alpha value is -1.78. The lowest BCUT2D eigenvalue weighted by atomic mass is 9.74. The van der Waals surface area contributed by atoms with Crippen LogP contribution in [-0.4, -0.2) is 28.2 Å². The minimum atomic E-state index is -1.19. The van der Waals surface area contributed by atoms with Crippen LogP contribution in [0.1, 0.15) is 47.5 Å². The van der Waals surface area contributed by atoms with Crippen LogP contribution in [0.3, 0.4) is 0 Å². The minimum Gasteiger partial charge on any atom is -0.478 e. The quantitative estimate of drug-likeness (QED) is 0.793. The normalized spacial score (nSPS) is 35.5. The summed E-state index contributed by atoms with van der Waals surface area (Å²) in [5.41, 5.74) is -0.0609. The summed E-state index contributed by atoms with van der Waals surface area (Å²) in [5.74, 6) is -0.686. The van der Waals surface area contributed by atoms with E-state index in [9.17, 15) is 14.7 Å². The highest BCUT2D eigenvalue weighted by molar-refractivity contribution is 5.77. The van der Waals surface area contributed by atoms with Gasteiger partial charge in [0, 0.05) is 19.3 Å². The number of carboxylic acids is 1. The summed E-state index contributed by atoms with van der Waals surface area (Å²) in [4.78, 5) is 22.7. The molecule has 5 heteroatoms. The Morgan fingerprint density at radius 1 is 1.43 bits per heavy atom. The Morgan fingerprint density at radius 3 is 2.57 bits per heavy atom. The first-order chi connectivity index (χ1) is 9.59. The Morgan fingerprint density at radius 2 is 2.05 bits per heavy atom. The summed E-state index contributed by atoms with van der Waals surface area (Å²) in [6.45, 7) is 8.70. The van der Waals surface area contributed by atoms with Gasteiger partial charge < -0.3 is 14.6 Å². The second-order valence-electron chi connectivity index (χ2n) is 6.32. The lowest BCUT2D eigenvalue weighted by Gasteiger charge is -2.43. The molecular formula is C16H22O5. The van der Waals surface area contributed by atoms with Crippen LogP contribution in [0.2, 0.25) is 0 Å². The summed E-state index contributed by atoms with van der Waals surface area (Å²) < 4.78 is 11.3. The summed E-state index contributed by atoms with van der Waals surface area (Å²) >= 11 is 0. The number of carbonyl (C=O) groups excluding carboxylic acids is 1. The van der Waals surface area contributed by atoms with E-state index < -0.39 is 17.2 Å². The monoisotopic (exact) mass is 294 g/mol. The molecule has 3 atom stereocenters. The maximum Gasteiger partial charge on any atom is 0.347 e. The average molecular weight is 294 g/mol. The zero-order valence-electron chi connectivity index (χ0n) is 13.1. The van der Waals surface area contributed by atoms with Gasteiger partial charge in [-0.25, -0.2) is 4.79 Å². The van der Waals surface area contributed by atoms with E-state index in [0.717, 1.165) is 11.1 Å². The van der Waals surface area contributed by atoms with Crippen molar-refractivity contribution in [1.82, 2.24) is 0 Å². The number of ether oxygens (including phenoxy) is 2. The molecule has 3 unspecified atom stereocenters. The maximum absolute atomic E-state index is 11.4. The first kappa shape index (κ1) is 15.6. The van der Waals surface area contributed by atoms with Crippen molar-refractivity contribution in [1.29, 1.82) is 0 Å². The van der Waals surface area contributed by atoms with Crippen molar-refractivity contribution in [2.24, 2.45) is 5.92 Å². The van der Waals surface area contributed by atoms with E-state index in [1.807, 2.05) is 26.8 Å². The smallest absolute Gasteiger partial charge is 0.347 e. The van der Waals surface area contributed by atoms with Gasteiger partial charge in [-0.15, -0.1) is 0 Å². The van der Waals surface area contributed by atoms with Crippen molar-refractivity contribution in [2.75, 3.05) is 0 Å². The summed E-state index contributed by atoms with van der Waals surface area (Å²) in [6.07, 6.45) is 2.89. The molecule has 1 N–H and O–H groups in total. The molecule has 21 heavy (non-hydrogen) atoms. The summed E-state index contributed by atoms with van der Waals surface area (Å²) in [6, 6.07) is 0. The first-order valence-corrected chi connectivity index (χ1v) is 7.14. The van der Waals surface area contributed by atoms with Crippen molar-refractivity contribution < 1.29 is 24.2 Å². The maximum atomic E-state index is 11.4. The number of aliphatic carboxylic acids is 1. The van der Waals surface area contributed by atoms with Crippen molar-refractivity contribution in [3.8, 4) is 0 Å². The molecule has 5 nitrogen and oxygen atoms in total. The van der Waals surface area contributed by atoms with Gasteiger partial charge in [0.25, 0.3) is 0 Å². The molecule has 1 heterocycles. The zero-order valence-corrected chi connectivity index (χ0v) is 13.1. The van der Waals surface area contributed by atoms with Crippen LogP contribution >= 0.6 is 0 Å². The first-order valence-electron chi connectivity index (χ1n) is 7.14. The Labute approximate surface area is 124 Å². The largest absolute Gasteiger partial charge is 0.478 e. The van der Waals surface area contributed by atoms with Crippen LogP contribution < -0.4 is 0 Å². The molecule has 0 aromatic rings. The molecule has 2 aliphatic rings. The third-order valence-electron chi connectivity index (χ3n) is 4.55. The highest BCUT2D eigenvalue weighted by atomic mass is 16.6. The van der Waals surface area contributed by atoms with Gasteiger partial charge in [-0.05, 0) is 44.4 Å². The molecule has 0 saturated heterocycles. The average Bonchev–Trinajstić information content (AvgIpc) is 2.35. The predicted octanol–water partition coefficient (Wildman–Crippen LogP) is 2.81. The molecule has 0 amide bonds. The molecule has 1 aliphatic carbocycles. The molecule has 0 saturated carbocycles. The second kappa shape index (κ2) is 4.90. The number of carbonyl (C=O) groups is 2. The molecule has 2 rings (SSSR count). The molecular weight excluding hydrogens is 272 g/mol. The van der Waals surface area contributed by atoms with Crippen molar-refractivity contribution in [2.45, 2.75) is 58.7 Å². The van der Waals surface area contributed by atoms with Gasteiger partial charge in [0.1, 0.15) is 11.4 Å². The Kier molecular flexibility index (Phi) is 3.64. The third kappa shape index (κ3) is 2.57. The minimum absolute atomic E-state index is 0.0431. The van der Waals surface area contributed by atoms with E-state index in [0.29, 0.717) is 18.6 Å². The number of esters is 1. The highest BCUT2D eigenvalue weighted by Crippen LogP contribution is 2.46. The fraction of sp³-hybridized carbons (Fsp3) is 0.625. The second-order valence-corrected chi connectivity index (χ2v) is 6.32. The molecule has 0 aromatic carbocycles. The fourth-order valence-corrected chi connectivity index (χ4v) is 3.12. The number of hydrogen-bond acceptors (Lipinski definition) is 4. The lowest BCUT2D eigenvalue weighted by Crippen LogP contribution is -2.46. The van der Waals surface area contributed by atoms with Crippen molar-refractivity contribution >= 4 is 11.9 Å². The molecule has 0 aromatic heterocycles. The van der Waals surface area contributed by atoms with Gasteiger partial charge in [0.15, 0.2) is 0 Å². The lowest BCUT2D eigenvalue weighted by molar-refractivity contribution is -0.161. The van der Waals surface area contributed by atoms with Crippen LogP contribution in [0.5, 0.6) is 0 Å². The standard InChI is InChI=1S/C16H22O5/c1-9-8-16(5,20-11(3)17)10(2)12-6-7-15(4,14(18)19)21-13(9)12/h8,10H,6-7H2,1-5H3,(H,18,19). The van der Waals surface area contributed by atoms with Gasteiger partial charge in [-0.2, -0.15) is 0 Å². The molecule has 0 bridgehead atoms. The van der Waals surface area contributed by atoms with E-state index in [-0.39, 0.29) is 11.9 Å². The number of hydrogen-bond donors (Lipinski definition) is 1. The van der Waals surface area contributed by atoms with E-state index in [1.165, 1.54) is 6.92 Å². The van der Waals surface area contributed by atoms with E-state index in [2.05, 4.69) is 0 Å². The predicted molar refractivity (Wildman–Crippen MR) is 76.5 cm³/mol. The summed E-state index contributed by atoms with van der Waals surface area (Å²) in [5, 5.41) is 9.33. The van der Waals surface area contributed by atoms with Gasteiger partial charge in [0.2, 0.25) is 5.60 Å². The molecule has 0 spiro atoms. The molecule has 0 fully saturated rings. The van der Waals surface area contributed by atoms with Crippen molar-refractivity contribution in [3.05, 3.63) is 23.0 Å². The van der Waals surface area contributed by atoms with Crippen LogP contribution in [0.15, 0.2) is 23.0 Å². The van der Waals surface area contributed by atoms with Crippen molar-refractivity contribution in [3.63, 3.8) is 0 Å². The van der Waals surface area contributed by atoms with E-state index >= 15 is 0 Å².